The van der Waals surface area contributed by atoms with Gasteiger partial charge in [-0.25, -0.2) is 24.1 Å². The minimum absolute atomic E-state index is 0.252. The van der Waals surface area contributed by atoms with Gasteiger partial charge >= 0.3 is 6.09 Å². The summed E-state index contributed by atoms with van der Waals surface area (Å²) in [4.78, 5) is 27.8. The van der Waals surface area contributed by atoms with Crippen molar-refractivity contribution in [3.63, 3.8) is 0 Å². The summed E-state index contributed by atoms with van der Waals surface area (Å²) in [5.41, 5.74) is 7.27. The molecule has 0 unspecified atom stereocenters. The molecule has 6 rings (SSSR count). The zero-order valence-corrected chi connectivity index (χ0v) is 22.6. The van der Waals surface area contributed by atoms with E-state index < -0.39 is 11.9 Å². The van der Waals surface area contributed by atoms with Crippen LogP contribution in [-0.4, -0.2) is 61.3 Å². The Balaban J connectivity index is 1.25. The lowest BCUT2D eigenvalue weighted by Gasteiger charge is -2.39. The molecule has 0 saturated carbocycles. The van der Waals surface area contributed by atoms with Crippen LogP contribution in [0.15, 0.2) is 61.2 Å². The number of carbonyl (C=O) groups is 1. The lowest BCUT2D eigenvalue weighted by atomic mass is 9.99. The van der Waals surface area contributed by atoms with Gasteiger partial charge in [0.05, 0.1) is 34.0 Å². The van der Waals surface area contributed by atoms with Gasteiger partial charge in [0.2, 0.25) is 0 Å². The van der Waals surface area contributed by atoms with Crippen molar-refractivity contribution in [2.45, 2.75) is 26.3 Å². The topological polar surface area (TPSA) is 99.4 Å². The maximum Gasteiger partial charge on any atom is 0.407 e. The van der Waals surface area contributed by atoms with Crippen LogP contribution < -0.4 is 10.2 Å². The van der Waals surface area contributed by atoms with E-state index in [9.17, 15) is 9.90 Å². The van der Waals surface area contributed by atoms with Crippen LogP contribution >= 0.6 is 0 Å². The number of rotatable bonds is 5. The summed E-state index contributed by atoms with van der Waals surface area (Å²) in [6.07, 6.45) is 3.07. The summed E-state index contributed by atoms with van der Waals surface area (Å²) < 4.78 is 18.0. The molecule has 1 amide bonds. The molecule has 2 aromatic heterocycles. The van der Waals surface area contributed by atoms with Gasteiger partial charge in [-0.15, -0.1) is 0 Å². The van der Waals surface area contributed by atoms with Crippen LogP contribution in [0.25, 0.3) is 21.9 Å². The standard InChI is InChI=1S/C30H30FN7O2/c1-18-12-22(6-5-21(18)13-20-4-8-25-24(14-20)34-17-36(25)3)35-29-27-23(32-16-33-29)7-9-26(28(27)31)37-10-11-38(30(39)40)19(2)15-37/h4-9,12,14,16-17,19H,10-11,13,15H2,1-3H3,(H,39,40)(H,32,33,35)/t19-/m1/s1. The molecular weight excluding hydrogens is 509 g/mol. The van der Waals surface area contributed by atoms with E-state index in [0.717, 1.165) is 28.7 Å². The third-order valence-electron chi connectivity index (χ3n) is 7.72. The lowest BCUT2D eigenvalue weighted by molar-refractivity contribution is 0.122. The Labute approximate surface area is 230 Å². The van der Waals surface area contributed by atoms with Crippen LogP contribution in [-0.2, 0) is 13.5 Å². The number of anilines is 3. The Morgan fingerprint density at radius 1 is 1.07 bits per heavy atom. The van der Waals surface area contributed by atoms with Crippen molar-refractivity contribution < 1.29 is 14.3 Å². The number of imidazole rings is 1. The zero-order valence-electron chi connectivity index (χ0n) is 22.6. The first-order valence-electron chi connectivity index (χ1n) is 13.2. The maximum absolute atomic E-state index is 16.0. The monoisotopic (exact) mass is 539 g/mol. The average Bonchev–Trinajstić information content (AvgIpc) is 3.30. The summed E-state index contributed by atoms with van der Waals surface area (Å²) in [6, 6.07) is 15.7. The molecule has 40 heavy (non-hydrogen) atoms. The molecule has 2 N–H and O–H groups in total. The molecule has 3 heterocycles. The number of halogens is 1. The second-order valence-corrected chi connectivity index (χ2v) is 10.4. The smallest absolute Gasteiger partial charge is 0.407 e. The SMILES string of the molecule is Cc1cc(Nc2ncnc3ccc(N4CCN(C(=O)O)[C@H](C)C4)c(F)c23)ccc1Cc1ccc2c(c1)ncn2C. The van der Waals surface area contributed by atoms with Crippen molar-refractivity contribution in [3.05, 3.63) is 83.7 Å². The Hall–Kier alpha value is -4.73. The third kappa shape index (κ3) is 4.66. The van der Waals surface area contributed by atoms with Gasteiger partial charge in [0, 0.05) is 38.4 Å². The first-order valence-corrected chi connectivity index (χ1v) is 13.2. The summed E-state index contributed by atoms with van der Waals surface area (Å²) in [6.45, 7) is 5.01. The minimum atomic E-state index is -0.957. The van der Waals surface area contributed by atoms with Gasteiger partial charge in [-0.05, 0) is 73.4 Å². The van der Waals surface area contributed by atoms with Crippen molar-refractivity contribution >= 4 is 45.2 Å². The average molecular weight is 540 g/mol. The molecule has 0 bridgehead atoms. The number of benzene rings is 3. The van der Waals surface area contributed by atoms with E-state index in [1.54, 1.807) is 12.1 Å². The highest BCUT2D eigenvalue weighted by Crippen LogP contribution is 2.33. The fraction of sp³-hybridized carbons (Fsp3) is 0.267. The van der Waals surface area contributed by atoms with Gasteiger partial charge in [0.15, 0.2) is 5.82 Å². The predicted octanol–water partition coefficient (Wildman–Crippen LogP) is 5.49. The van der Waals surface area contributed by atoms with E-state index in [1.807, 2.05) is 41.9 Å². The molecule has 1 atom stereocenters. The number of amides is 1. The molecule has 1 saturated heterocycles. The summed E-state index contributed by atoms with van der Waals surface area (Å²) in [7, 11) is 1.99. The van der Waals surface area contributed by atoms with Gasteiger partial charge in [0.1, 0.15) is 12.1 Å². The van der Waals surface area contributed by atoms with Crippen LogP contribution in [0.4, 0.5) is 26.4 Å². The number of nitrogens with one attached hydrogen (secondary N) is 1. The molecule has 0 aliphatic carbocycles. The van der Waals surface area contributed by atoms with Gasteiger partial charge in [-0.3, -0.25) is 0 Å². The number of fused-ring (bicyclic) bond motifs is 2. The summed E-state index contributed by atoms with van der Waals surface area (Å²) in [5.74, 6) is -0.0378. The molecule has 0 spiro atoms. The lowest BCUT2D eigenvalue weighted by Crippen LogP contribution is -2.53. The Bertz CT molecular complexity index is 1750. The van der Waals surface area contributed by atoms with E-state index in [2.05, 4.69) is 51.5 Å². The van der Waals surface area contributed by atoms with Crippen LogP contribution in [0.2, 0.25) is 0 Å². The van der Waals surface area contributed by atoms with Crippen LogP contribution in [0.3, 0.4) is 0 Å². The third-order valence-corrected chi connectivity index (χ3v) is 7.72. The molecule has 9 nitrogen and oxygen atoms in total. The van der Waals surface area contributed by atoms with Gasteiger partial charge in [0.25, 0.3) is 0 Å². The van der Waals surface area contributed by atoms with E-state index >= 15 is 4.39 Å². The summed E-state index contributed by atoms with van der Waals surface area (Å²) in [5, 5.41) is 13.0. The normalized spacial score (nSPS) is 15.7. The van der Waals surface area contributed by atoms with Crippen molar-refractivity contribution in [3.8, 4) is 0 Å². The molecule has 3 aromatic carbocycles. The van der Waals surface area contributed by atoms with Crippen LogP contribution in [0.5, 0.6) is 0 Å². The number of carboxylic acid groups (broad SMARTS) is 1. The fourth-order valence-corrected chi connectivity index (χ4v) is 5.52. The fourth-order valence-electron chi connectivity index (χ4n) is 5.52. The largest absolute Gasteiger partial charge is 0.465 e. The highest BCUT2D eigenvalue weighted by molar-refractivity contribution is 5.94. The van der Waals surface area contributed by atoms with Gasteiger partial charge < -0.3 is 24.8 Å². The zero-order chi connectivity index (χ0) is 28.0. The van der Waals surface area contributed by atoms with Crippen molar-refractivity contribution in [1.82, 2.24) is 24.4 Å². The quantitative estimate of drug-likeness (QED) is 0.305. The molecule has 5 aromatic rings. The number of hydrogen-bond acceptors (Lipinski definition) is 6. The van der Waals surface area contributed by atoms with Crippen molar-refractivity contribution in [1.29, 1.82) is 0 Å². The number of piperazine rings is 1. The number of aryl methyl sites for hydroxylation is 2. The molecule has 0 radical (unpaired) electrons. The molecule has 1 aliphatic heterocycles. The number of aromatic nitrogens is 4. The van der Waals surface area contributed by atoms with Crippen LogP contribution in [0, 0.1) is 12.7 Å². The number of hydrogen-bond donors (Lipinski definition) is 2. The van der Waals surface area contributed by atoms with E-state index in [1.165, 1.54) is 22.4 Å². The second-order valence-electron chi connectivity index (χ2n) is 10.4. The molecular formula is C30H30FN7O2. The highest BCUT2D eigenvalue weighted by Gasteiger charge is 2.29. The van der Waals surface area contributed by atoms with E-state index in [4.69, 9.17) is 0 Å². The molecule has 10 heteroatoms. The predicted molar refractivity (Wildman–Crippen MR) is 154 cm³/mol. The number of nitrogens with zero attached hydrogens (tertiary/aromatic N) is 6. The minimum Gasteiger partial charge on any atom is -0.465 e. The Kier molecular flexibility index (Phi) is 6.45. The maximum atomic E-state index is 16.0. The highest BCUT2D eigenvalue weighted by atomic mass is 19.1. The van der Waals surface area contributed by atoms with Crippen molar-refractivity contribution in [2.24, 2.45) is 7.05 Å². The molecule has 204 valence electrons. The van der Waals surface area contributed by atoms with E-state index in [-0.39, 0.29) is 6.04 Å². The first kappa shape index (κ1) is 25.5. The van der Waals surface area contributed by atoms with E-state index in [0.29, 0.717) is 42.0 Å². The second kappa shape index (κ2) is 10.1. The van der Waals surface area contributed by atoms with Gasteiger partial charge in [-0.2, -0.15) is 0 Å². The van der Waals surface area contributed by atoms with Crippen molar-refractivity contribution in [2.75, 3.05) is 29.9 Å². The molecule has 1 fully saturated rings. The first-order chi connectivity index (χ1) is 19.3. The Morgan fingerprint density at radius 3 is 2.70 bits per heavy atom. The Morgan fingerprint density at radius 2 is 1.93 bits per heavy atom. The van der Waals surface area contributed by atoms with Crippen LogP contribution in [0.1, 0.15) is 23.6 Å². The van der Waals surface area contributed by atoms with Gasteiger partial charge in [-0.1, -0.05) is 12.1 Å². The summed E-state index contributed by atoms with van der Waals surface area (Å²) >= 11 is 0. The molecule has 1 aliphatic rings.